The molecule has 2 aromatic rings. The summed E-state index contributed by atoms with van der Waals surface area (Å²) in [5, 5.41) is 13.5. The zero-order valence-electron chi connectivity index (χ0n) is 6.64. The first-order valence-electron chi connectivity index (χ1n) is 3.72. The zero-order chi connectivity index (χ0) is 9.26. The number of aromatic nitrogens is 1. The largest absolute Gasteiger partial charge is 0.506 e. The molecule has 13 heavy (non-hydrogen) atoms. The monoisotopic (exact) mass is 174 g/mol. The molecule has 1 heterocycles. The van der Waals surface area contributed by atoms with Crippen LogP contribution in [0, 0.1) is 4.91 Å². The van der Waals surface area contributed by atoms with Crippen molar-refractivity contribution in [3.8, 4) is 5.75 Å². The van der Waals surface area contributed by atoms with E-state index in [9.17, 15) is 10.0 Å². The normalized spacial score (nSPS) is 10.2. The molecule has 0 atom stereocenters. The van der Waals surface area contributed by atoms with Gasteiger partial charge in [0, 0.05) is 23.2 Å². The summed E-state index contributed by atoms with van der Waals surface area (Å²) in [5.41, 5.74) is 0.0694. The molecule has 1 aromatic carbocycles. The summed E-state index contributed by atoms with van der Waals surface area (Å²) in [5.74, 6) is -0.103. The van der Waals surface area contributed by atoms with Crippen LogP contribution in [0.4, 0.5) is 5.69 Å². The molecule has 0 unspecified atom stereocenters. The standard InChI is InChI=1S/C9H6N2O2/c12-8-2-1-6-5-10-4-3-7(6)9(8)11-13/h1-5,12H. The van der Waals surface area contributed by atoms with Gasteiger partial charge in [0.2, 0.25) is 0 Å². The fourth-order valence-corrected chi connectivity index (χ4v) is 1.24. The van der Waals surface area contributed by atoms with Crippen LogP contribution in [0.25, 0.3) is 10.8 Å². The molecule has 0 aliphatic heterocycles. The summed E-state index contributed by atoms with van der Waals surface area (Å²) in [6.07, 6.45) is 3.17. The number of hydrogen-bond donors (Lipinski definition) is 1. The van der Waals surface area contributed by atoms with E-state index in [-0.39, 0.29) is 11.4 Å². The Morgan fingerprint density at radius 2 is 2.15 bits per heavy atom. The summed E-state index contributed by atoms with van der Waals surface area (Å²) in [7, 11) is 0. The number of nitroso groups, excluding NO2 is 1. The molecular weight excluding hydrogens is 168 g/mol. The van der Waals surface area contributed by atoms with E-state index < -0.39 is 0 Å². The van der Waals surface area contributed by atoms with Crippen molar-refractivity contribution in [3.05, 3.63) is 35.5 Å². The highest BCUT2D eigenvalue weighted by Gasteiger charge is 2.05. The van der Waals surface area contributed by atoms with Crippen LogP contribution in [0.3, 0.4) is 0 Å². The van der Waals surface area contributed by atoms with Gasteiger partial charge in [-0.1, -0.05) is 0 Å². The van der Waals surface area contributed by atoms with Crippen LogP contribution in [0.5, 0.6) is 5.75 Å². The highest BCUT2D eigenvalue weighted by Crippen LogP contribution is 2.33. The SMILES string of the molecule is O=Nc1c(O)ccc2cnccc12. The maximum absolute atomic E-state index is 10.4. The molecule has 4 nitrogen and oxygen atoms in total. The number of phenols is 1. The van der Waals surface area contributed by atoms with Gasteiger partial charge in [-0.25, -0.2) is 0 Å². The number of benzene rings is 1. The number of aromatic hydroxyl groups is 1. The molecule has 0 saturated heterocycles. The van der Waals surface area contributed by atoms with E-state index in [2.05, 4.69) is 10.2 Å². The summed E-state index contributed by atoms with van der Waals surface area (Å²) in [4.78, 5) is 14.3. The molecular formula is C9H6N2O2. The fraction of sp³-hybridized carbons (Fsp3) is 0. The fourth-order valence-electron chi connectivity index (χ4n) is 1.24. The highest BCUT2D eigenvalue weighted by molar-refractivity contribution is 5.94. The quantitative estimate of drug-likeness (QED) is 0.675. The smallest absolute Gasteiger partial charge is 0.157 e. The Morgan fingerprint density at radius 3 is 2.92 bits per heavy atom. The van der Waals surface area contributed by atoms with Gasteiger partial charge in [-0.15, -0.1) is 4.91 Å². The van der Waals surface area contributed by atoms with E-state index in [1.54, 1.807) is 24.5 Å². The number of phenolic OH excluding ortho intramolecular Hbond substituents is 1. The first kappa shape index (κ1) is 7.67. The van der Waals surface area contributed by atoms with Crippen LogP contribution in [0.1, 0.15) is 0 Å². The lowest BCUT2D eigenvalue weighted by Gasteiger charge is -2.00. The topological polar surface area (TPSA) is 62.5 Å². The molecule has 0 aliphatic carbocycles. The molecule has 0 fully saturated rings. The third kappa shape index (κ3) is 1.12. The van der Waals surface area contributed by atoms with Gasteiger partial charge in [-0.05, 0) is 23.4 Å². The predicted molar refractivity (Wildman–Crippen MR) is 48.9 cm³/mol. The average Bonchev–Trinajstić information content (AvgIpc) is 2.18. The van der Waals surface area contributed by atoms with Crippen LogP contribution < -0.4 is 0 Å². The average molecular weight is 174 g/mol. The van der Waals surface area contributed by atoms with Crippen molar-refractivity contribution in [2.75, 3.05) is 0 Å². The second kappa shape index (κ2) is 2.82. The molecule has 2 rings (SSSR count). The molecule has 0 bridgehead atoms. The van der Waals surface area contributed by atoms with Crippen molar-refractivity contribution >= 4 is 16.5 Å². The van der Waals surface area contributed by atoms with Crippen LogP contribution in [-0.2, 0) is 0 Å². The Kier molecular flexibility index (Phi) is 1.66. The maximum atomic E-state index is 10.4. The summed E-state index contributed by atoms with van der Waals surface area (Å²) < 4.78 is 0. The van der Waals surface area contributed by atoms with Gasteiger partial charge >= 0.3 is 0 Å². The Hall–Kier alpha value is -1.97. The number of rotatable bonds is 1. The van der Waals surface area contributed by atoms with Crippen molar-refractivity contribution < 1.29 is 5.11 Å². The van der Waals surface area contributed by atoms with Crippen molar-refractivity contribution in [2.45, 2.75) is 0 Å². The van der Waals surface area contributed by atoms with Crippen LogP contribution in [-0.4, -0.2) is 10.1 Å². The van der Waals surface area contributed by atoms with E-state index in [4.69, 9.17) is 0 Å². The lowest BCUT2D eigenvalue weighted by molar-refractivity contribution is 0.477. The van der Waals surface area contributed by atoms with Crippen LogP contribution >= 0.6 is 0 Å². The molecule has 0 amide bonds. The molecule has 4 heteroatoms. The van der Waals surface area contributed by atoms with Crippen molar-refractivity contribution in [1.82, 2.24) is 4.98 Å². The number of hydrogen-bond acceptors (Lipinski definition) is 4. The first-order chi connectivity index (χ1) is 6.33. The third-order valence-corrected chi connectivity index (χ3v) is 1.86. The minimum Gasteiger partial charge on any atom is -0.506 e. The third-order valence-electron chi connectivity index (χ3n) is 1.86. The molecule has 0 aliphatic rings. The van der Waals surface area contributed by atoms with Crippen molar-refractivity contribution in [3.63, 3.8) is 0 Å². The van der Waals surface area contributed by atoms with E-state index in [1.807, 2.05) is 0 Å². The van der Waals surface area contributed by atoms with Crippen molar-refractivity contribution in [2.24, 2.45) is 5.18 Å². The van der Waals surface area contributed by atoms with Gasteiger partial charge in [-0.3, -0.25) is 4.98 Å². The molecule has 64 valence electrons. The number of fused-ring (bicyclic) bond motifs is 1. The predicted octanol–water partition coefficient (Wildman–Crippen LogP) is 2.34. The Bertz CT molecular complexity index is 468. The second-order valence-electron chi connectivity index (χ2n) is 2.62. The zero-order valence-corrected chi connectivity index (χ0v) is 6.64. The van der Waals surface area contributed by atoms with Gasteiger partial charge < -0.3 is 5.11 Å². The lowest BCUT2D eigenvalue weighted by atomic mass is 10.1. The number of pyridine rings is 1. The first-order valence-corrected chi connectivity index (χ1v) is 3.72. The van der Waals surface area contributed by atoms with Crippen LogP contribution in [0.2, 0.25) is 0 Å². The Balaban J connectivity index is 2.91. The van der Waals surface area contributed by atoms with Gasteiger partial charge in [0.15, 0.2) is 5.69 Å². The van der Waals surface area contributed by atoms with E-state index in [0.29, 0.717) is 5.39 Å². The molecule has 0 saturated carbocycles. The molecule has 1 N–H and O–H groups in total. The molecule has 0 spiro atoms. The number of nitrogens with zero attached hydrogens (tertiary/aromatic N) is 2. The van der Waals surface area contributed by atoms with Gasteiger partial charge in [0.05, 0.1) is 0 Å². The maximum Gasteiger partial charge on any atom is 0.157 e. The van der Waals surface area contributed by atoms with E-state index in [0.717, 1.165) is 5.39 Å². The van der Waals surface area contributed by atoms with Gasteiger partial charge in [-0.2, -0.15) is 0 Å². The van der Waals surface area contributed by atoms with Gasteiger partial charge in [0.1, 0.15) is 5.75 Å². The Labute approximate surface area is 73.8 Å². The summed E-state index contributed by atoms with van der Waals surface area (Å²) in [6, 6.07) is 4.76. The minimum absolute atomic E-state index is 0.0694. The van der Waals surface area contributed by atoms with E-state index >= 15 is 0 Å². The van der Waals surface area contributed by atoms with E-state index in [1.165, 1.54) is 6.07 Å². The minimum atomic E-state index is -0.103. The van der Waals surface area contributed by atoms with Crippen LogP contribution in [0.15, 0.2) is 35.8 Å². The lowest BCUT2D eigenvalue weighted by Crippen LogP contribution is -1.76. The van der Waals surface area contributed by atoms with Gasteiger partial charge in [0.25, 0.3) is 0 Å². The second-order valence-corrected chi connectivity index (χ2v) is 2.62. The molecule has 0 radical (unpaired) electrons. The summed E-state index contributed by atoms with van der Waals surface area (Å²) >= 11 is 0. The van der Waals surface area contributed by atoms with Crippen molar-refractivity contribution in [1.29, 1.82) is 0 Å². The highest BCUT2D eigenvalue weighted by atomic mass is 16.3. The Morgan fingerprint density at radius 1 is 1.31 bits per heavy atom. The molecule has 1 aromatic heterocycles. The summed E-state index contributed by atoms with van der Waals surface area (Å²) in [6.45, 7) is 0.